The summed E-state index contributed by atoms with van der Waals surface area (Å²) in [4.78, 5) is 39.1. The Balaban J connectivity index is 1.66. The fourth-order valence-electron chi connectivity index (χ4n) is 1.98. The quantitative estimate of drug-likeness (QED) is 0.687. The summed E-state index contributed by atoms with van der Waals surface area (Å²) in [6.07, 6.45) is 3.39. The second kappa shape index (κ2) is 9.17. The van der Waals surface area contributed by atoms with E-state index in [1.807, 2.05) is 19.1 Å². The van der Waals surface area contributed by atoms with Crippen molar-refractivity contribution in [3.05, 3.63) is 59.9 Å². The molecular weight excluding hydrogens is 320 g/mol. The van der Waals surface area contributed by atoms with Crippen LogP contribution in [0.15, 0.2) is 48.8 Å². The fraction of sp³-hybridized carbons (Fsp3) is 0.222. The zero-order chi connectivity index (χ0) is 18.1. The molecule has 1 heterocycles. The Bertz CT molecular complexity index is 730. The van der Waals surface area contributed by atoms with Gasteiger partial charge in [0.05, 0.1) is 0 Å². The Hall–Kier alpha value is -3.22. The van der Waals surface area contributed by atoms with Crippen LogP contribution >= 0.6 is 0 Å². The van der Waals surface area contributed by atoms with E-state index in [0.29, 0.717) is 12.2 Å². The number of nitrogens with one attached hydrogen (secondary N) is 3. The zero-order valence-electron chi connectivity index (χ0n) is 13.9. The summed E-state index contributed by atoms with van der Waals surface area (Å²) in [5, 5.41) is 7.65. The van der Waals surface area contributed by atoms with Crippen molar-refractivity contribution in [1.29, 1.82) is 0 Å². The molecule has 25 heavy (non-hydrogen) atoms. The predicted molar refractivity (Wildman–Crippen MR) is 93.5 cm³/mol. The van der Waals surface area contributed by atoms with Crippen LogP contribution in [0.1, 0.15) is 17.5 Å². The molecule has 0 fully saturated rings. The van der Waals surface area contributed by atoms with E-state index in [2.05, 4.69) is 20.9 Å². The van der Waals surface area contributed by atoms with E-state index in [-0.39, 0.29) is 18.9 Å². The molecule has 7 heteroatoms. The molecule has 0 radical (unpaired) electrons. The number of aryl methyl sites for hydroxylation is 1. The average molecular weight is 340 g/mol. The molecule has 7 nitrogen and oxygen atoms in total. The average Bonchev–Trinajstić information content (AvgIpc) is 2.62. The number of pyridine rings is 1. The maximum Gasteiger partial charge on any atom is 0.313 e. The van der Waals surface area contributed by atoms with Gasteiger partial charge in [-0.2, -0.15) is 0 Å². The molecule has 1 aromatic carbocycles. The summed E-state index contributed by atoms with van der Waals surface area (Å²) in [7, 11) is 0. The van der Waals surface area contributed by atoms with Gasteiger partial charge in [0.15, 0.2) is 0 Å². The maximum atomic E-state index is 11.8. The number of rotatable bonds is 6. The van der Waals surface area contributed by atoms with Gasteiger partial charge in [-0.15, -0.1) is 0 Å². The van der Waals surface area contributed by atoms with Gasteiger partial charge in [-0.05, 0) is 36.8 Å². The first-order chi connectivity index (χ1) is 12.0. The molecule has 0 saturated heterocycles. The van der Waals surface area contributed by atoms with Crippen LogP contribution in [0.5, 0.6) is 0 Å². The molecule has 2 rings (SSSR count). The van der Waals surface area contributed by atoms with Crippen molar-refractivity contribution in [2.24, 2.45) is 0 Å². The van der Waals surface area contributed by atoms with Gasteiger partial charge in [0.25, 0.3) is 0 Å². The van der Waals surface area contributed by atoms with Crippen molar-refractivity contribution in [2.45, 2.75) is 19.9 Å². The Morgan fingerprint density at radius 1 is 0.920 bits per heavy atom. The highest BCUT2D eigenvalue weighted by atomic mass is 16.2. The number of carbonyl (C=O) groups excluding carboxylic acids is 3. The van der Waals surface area contributed by atoms with E-state index in [1.54, 1.807) is 36.7 Å². The Morgan fingerprint density at radius 2 is 1.60 bits per heavy atom. The monoisotopic (exact) mass is 340 g/mol. The van der Waals surface area contributed by atoms with Crippen LogP contribution in [0.3, 0.4) is 0 Å². The topological polar surface area (TPSA) is 100 Å². The lowest BCUT2D eigenvalue weighted by atomic mass is 10.2. The van der Waals surface area contributed by atoms with Crippen LogP contribution < -0.4 is 16.0 Å². The molecule has 0 aliphatic heterocycles. The van der Waals surface area contributed by atoms with Crippen molar-refractivity contribution in [2.75, 3.05) is 11.9 Å². The van der Waals surface area contributed by atoms with E-state index >= 15 is 0 Å². The summed E-state index contributed by atoms with van der Waals surface area (Å²) >= 11 is 0. The van der Waals surface area contributed by atoms with Crippen molar-refractivity contribution in [3.8, 4) is 0 Å². The van der Waals surface area contributed by atoms with Crippen LogP contribution in [0.2, 0.25) is 0 Å². The van der Waals surface area contributed by atoms with E-state index in [0.717, 1.165) is 11.1 Å². The van der Waals surface area contributed by atoms with Crippen LogP contribution in [-0.2, 0) is 20.9 Å². The molecule has 3 N–H and O–H groups in total. The first-order valence-electron chi connectivity index (χ1n) is 7.86. The highest BCUT2D eigenvalue weighted by molar-refractivity contribution is 6.39. The minimum Gasteiger partial charge on any atom is -0.352 e. The number of benzene rings is 1. The normalized spacial score (nSPS) is 9.96. The molecule has 0 aliphatic rings. The summed E-state index contributed by atoms with van der Waals surface area (Å²) in [5.41, 5.74) is 2.53. The van der Waals surface area contributed by atoms with Gasteiger partial charge < -0.3 is 16.0 Å². The molecule has 3 amide bonds. The highest BCUT2D eigenvalue weighted by Gasteiger charge is 2.13. The molecule has 0 spiro atoms. The number of carbonyl (C=O) groups is 3. The molecule has 0 unspecified atom stereocenters. The van der Waals surface area contributed by atoms with Gasteiger partial charge in [0.1, 0.15) is 0 Å². The van der Waals surface area contributed by atoms with E-state index in [4.69, 9.17) is 0 Å². The van der Waals surface area contributed by atoms with Crippen molar-refractivity contribution in [3.63, 3.8) is 0 Å². The molecule has 1 aromatic heterocycles. The number of aromatic nitrogens is 1. The number of nitrogens with zero attached hydrogens (tertiary/aromatic N) is 1. The minimum atomic E-state index is -0.775. The van der Waals surface area contributed by atoms with Gasteiger partial charge in [-0.3, -0.25) is 19.4 Å². The summed E-state index contributed by atoms with van der Waals surface area (Å²) < 4.78 is 0. The lowest BCUT2D eigenvalue weighted by Gasteiger charge is -2.07. The summed E-state index contributed by atoms with van der Waals surface area (Å²) in [6.45, 7) is 2.41. The molecule has 0 atom stereocenters. The van der Waals surface area contributed by atoms with Gasteiger partial charge in [-0.1, -0.05) is 17.7 Å². The lowest BCUT2D eigenvalue weighted by molar-refractivity contribution is -0.136. The molecule has 0 aliphatic carbocycles. The van der Waals surface area contributed by atoms with Crippen LogP contribution in [0.4, 0.5) is 5.69 Å². The van der Waals surface area contributed by atoms with Crippen LogP contribution in [0, 0.1) is 6.92 Å². The third kappa shape index (κ3) is 6.42. The van der Waals surface area contributed by atoms with E-state index in [9.17, 15) is 14.4 Å². The summed E-state index contributed by atoms with van der Waals surface area (Å²) in [6, 6.07) is 10.7. The van der Waals surface area contributed by atoms with Gasteiger partial charge in [-0.25, -0.2) is 0 Å². The number of hydrogen-bond donors (Lipinski definition) is 3. The third-order valence-corrected chi connectivity index (χ3v) is 3.39. The maximum absolute atomic E-state index is 11.8. The first-order valence-corrected chi connectivity index (χ1v) is 7.86. The van der Waals surface area contributed by atoms with Crippen molar-refractivity contribution >= 4 is 23.4 Å². The Kier molecular flexibility index (Phi) is 6.65. The molecule has 130 valence electrons. The van der Waals surface area contributed by atoms with Crippen molar-refractivity contribution < 1.29 is 14.4 Å². The number of hydrogen-bond acceptors (Lipinski definition) is 4. The smallest absolute Gasteiger partial charge is 0.313 e. The first kappa shape index (κ1) is 18.1. The second-order valence-corrected chi connectivity index (χ2v) is 5.46. The Labute approximate surface area is 145 Å². The SMILES string of the molecule is Cc1ccc(NC(=O)C(=O)NCCC(=O)NCc2ccncc2)cc1. The molecule has 0 bridgehead atoms. The minimum absolute atomic E-state index is 0.0856. The number of amides is 3. The van der Waals surface area contributed by atoms with E-state index < -0.39 is 11.8 Å². The predicted octanol–water partition coefficient (Wildman–Crippen LogP) is 1.15. The highest BCUT2D eigenvalue weighted by Crippen LogP contribution is 2.08. The van der Waals surface area contributed by atoms with Gasteiger partial charge >= 0.3 is 11.8 Å². The summed E-state index contributed by atoms with van der Waals surface area (Å²) in [5.74, 6) is -1.75. The second-order valence-electron chi connectivity index (χ2n) is 5.46. The van der Waals surface area contributed by atoms with Crippen LogP contribution in [0.25, 0.3) is 0 Å². The van der Waals surface area contributed by atoms with E-state index in [1.165, 1.54) is 0 Å². The van der Waals surface area contributed by atoms with Crippen molar-refractivity contribution in [1.82, 2.24) is 15.6 Å². The van der Waals surface area contributed by atoms with Crippen LogP contribution in [-0.4, -0.2) is 29.3 Å². The molecule has 0 saturated carbocycles. The molecular formula is C18H20N4O3. The largest absolute Gasteiger partial charge is 0.352 e. The Morgan fingerprint density at radius 3 is 2.28 bits per heavy atom. The third-order valence-electron chi connectivity index (χ3n) is 3.39. The fourth-order valence-corrected chi connectivity index (χ4v) is 1.98. The van der Waals surface area contributed by atoms with Gasteiger partial charge in [0, 0.05) is 37.6 Å². The zero-order valence-corrected chi connectivity index (χ0v) is 13.9. The standard InChI is InChI=1S/C18H20N4O3/c1-13-2-4-15(5-3-13)22-18(25)17(24)20-11-8-16(23)21-12-14-6-9-19-10-7-14/h2-7,9-10H,8,11-12H2,1H3,(H,20,24)(H,21,23)(H,22,25). The lowest BCUT2D eigenvalue weighted by Crippen LogP contribution is -2.37. The number of anilines is 1. The van der Waals surface area contributed by atoms with Gasteiger partial charge in [0.2, 0.25) is 5.91 Å². The molecule has 2 aromatic rings.